The van der Waals surface area contributed by atoms with Crippen molar-refractivity contribution in [2.24, 2.45) is 0 Å². The Balaban J connectivity index is 2.29. The third kappa shape index (κ3) is 3.80. The average Bonchev–Trinajstić information content (AvgIpc) is 2.54. The summed E-state index contributed by atoms with van der Waals surface area (Å²) in [5, 5.41) is 0.133. The van der Waals surface area contributed by atoms with E-state index in [1.54, 1.807) is 18.2 Å². The molecule has 0 saturated carbocycles. The van der Waals surface area contributed by atoms with Crippen LogP contribution in [0.25, 0.3) is 0 Å². The number of hydrogen-bond donors (Lipinski definition) is 0. The molecule has 0 aliphatic heterocycles. The number of halogens is 2. The van der Waals surface area contributed by atoms with Gasteiger partial charge in [0.2, 0.25) is 10.0 Å². The first kappa shape index (κ1) is 18.5. The molecule has 0 atom stereocenters. The maximum Gasteiger partial charge on any atom is 0.246 e. The maximum absolute atomic E-state index is 13.9. The van der Waals surface area contributed by atoms with Crippen LogP contribution in [0.4, 0.5) is 4.39 Å². The molecule has 0 bridgehead atoms. The summed E-state index contributed by atoms with van der Waals surface area (Å²) in [6.45, 7) is 0.0464. The van der Waals surface area contributed by atoms with E-state index in [2.05, 4.69) is 0 Å². The van der Waals surface area contributed by atoms with E-state index in [0.29, 0.717) is 17.1 Å². The van der Waals surface area contributed by atoms with Crippen LogP contribution in [0.2, 0.25) is 5.02 Å². The molecule has 0 saturated heterocycles. The lowest BCUT2D eigenvalue weighted by Crippen LogP contribution is -2.27. The minimum atomic E-state index is -3.99. The number of rotatable bonds is 6. The Morgan fingerprint density at radius 3 is 2.33 bits per heavy atom. The number of sulfonamides is 1. The first-order valence-electron chi connectivity index (χ1n) is 6.92. The van der Waals surface area contributed by atoms with E-state index >= 15 is 0 Å². The molecular formula is C16H17ClFNO4S. The first-order valence-corrected chi connectivity index (χ1v) is 8.73. The summed E-state index contributed by atoms with van der Waals surface area (Å²) in [6, 6.07) is 8.52. The van der Waals surface area contributed by atoms with E-state index in [4.69, 9.17) is 21.1 Å². The highest BCUT2D eigenvalue weighted by Gasteiger charge is 2.25. The van der Waals surface area contributed by atoms with Crippen molar-refractivity contribution in [3.05, 3.63) is 52.8 Å². The monoisotopic (exact) mass is 373 g/mol. The minimum Gasteiger partial charge on any atom is -0.493 e. The van der Waals surface area contributed by atoms with Crippen molar-refractivity contribution >= 4 is 21.6 Å². The lowest BCUT2D eigenvalue weighted by molar-refractivity contribution is 0.354. The molecule has 0 amide bonds. The number of methoxy groups -OCH3 is 2. The van der Waals surface area contributed by atoms with Crippen LogP contribution in [-0.2, 0) is 16.6 Å². The van der Waals surface area contributed by atoms with E-state index in [0.717, 1.165) is 16.4 Å². The maximum atomic E-state index is 13.9. The van der Waals surface area contributed by atoms with Gasteiger partial charge in [-0.05, 0) is 35.9 Å². The molecule has 0 spiro atoms. The summed E-state index contributed by atoms with van der Waals surface area (Å²) >= 11 is 5.66. The Morgan fingerprint density at radius 1 is 1.08 bits per heavy atom. The average molecular weight is 374 g/mol. The number of benzene rings is 2. The molecule has 0 N–H and O–H groups in total. The SMILES string of the molecule is COc1ccc(CN(C)S(=O)(=O)c2ccc(Cl)cc2F)cc1OC. The van der Waals surface area contributed by atoms with Crippen LogP contribution < -0.4 is 9.47 Å². The zero-order chi connectivity index (χ0) is 17.9. The normalized spacial score (nSPS) is 11.6. The smallest absolute Gasteiger partial charge is 0.246 e. The fourth-order valence-corrected chi connectivity index (χ4v) is 3.53. The first-order chi connectivity index (χ1) is 11.3. The van der Waals surface area contributed by atoms with Crippen molar-refractivity contribution in [3.8, 4) is 11.5 Å². The second kappa shape index (κ2) is 7.38. The standard InChI is InChI=1S/C16H17ClFNO4S/c1-19(10-11-4-6-14(22-2)15(8-11)23-3)24(20,21)16-7-5-12(17)9-13(16)18/h4-9H,10H2,1-3H3. The predicted molar refractivity (Wildman–Crippen MR) is 89.6 cm³/mol. The summed E-state index contributed by atoms with van der Waals surface area (Å²) in [6.07, 6.45) is 0. The lowest BCUT2D eigenvalue weighted by Gasteiger charge is -2.18. The van der Waals surface area contributed by atoms with Gasteiger partial charge in [0.1, 0.15) is 10.7 Å². The van der Waals surface area contributed by atoms with Crippen LogP contribution in [0.15, 0.2) is 41.3 Å². The highest BCUT2D eigenvalue weighted by atomic mass is 35.5. The number of nitrogens with zero attached hydrogens (tertiary/aromatic N) is 1. The van der Waals surface area contributed by atoms with Gasteiger partial charge in [0.15, 0.2) is 11.5 Å². The van der Waals surface area contributed by atoms with Gasteiger partial charge in [0, 0.05) is 18.6 Å². The summed E-state index contributed by atoms with van der Waals surface area (Å²) in [5.41, 5.74) is 0.674. The molecule has 2 aromatic carbocycles. The molecule has 24 heavy (non-hydrogen) atoms. The molecule has 2 aromatic rings. The molecule has 0 fully saturated rings. The Hall–Kier alpha value is -1.83. The third-order valence-electron chi connectivity index (χ3n) is 3.44. The molecule has 5 nitrogen and oxygen atoms in total. The molecule has 2 rings (SSSR count). The van der Waals surface area contributed by atoms with Crippen molar-refractivity contribution in [2.75, 3.05) is 21.3 Å². The zero-order valence-corrected chi connectivity index (χ0v) is 15.0. The second-order valence-electron chi connectivity index (χ2n) is 5.03. The van der Waals surface area contributed by atoms with Crippen LogP contribution >= 0.6 is 11.6 Å². The molecule has 0 aliphatic carbocycles. The van der Waals surface area contributed by atoms with E-state index < -0.39 is 20.7 Å². The zero-order valence-electron chi connectivity index (χ0n) is 13.4. The molecule has 0 unspecified atom stereocenters. The summed E-state index contributed by atoms with van der Waals surface area (Å²) in [7, 11) is 0.385. The number of hydrogen-bond acceptors (Lipinski definition) is 4. The quantitative estimate of drug-likeness (QED) is 0.779. The predicted octanol–water partition coefficient (Wildman–Crippen LogP) is 3.32. The fourth-order valence-electron chi connectivity index (χ4n) is 2.17. The van der Waals surface area contributed by atoms with Gasteiger partial charge in [-0.15, -0.1) is 0 Å². The van der Waals surface area contributed by atoms with Crippen molar-refractivity contribution in [1.82, 2.24) is 4.31 Å². The molecule has 8 heteroatoms. The van der Waals surface area contributed by atoms with Crippen LogP contribution in [0.3, 0.4) is 0 Å². The van der Waals surface area contributed by atoms with Gasteiger partial charge in [-0.1, -0.05) is 17.7 Å². The van der Waals surface area contributed by atoms with Crippen LogP contribution in [0, 0.1) is 5.82 Å². The molecular weight excluding hydrogens is 357 g/mol. The van der Waals surface area contributed by atoms with Gasteiger partial charge in [-0.25, -0.2) is 12.8 Å². The van der Waals surface area contributed by atoms with Crippen LogP contribution in [0.5, 0.6) is 11.5 Å². The van der Waals surface area contributed by atoms with Gasteiger partial charge in [-0.2, -0.15) is 4.31 Å². The molecule has 0 aliphatic rings. The van der Waals surface area contributed by atoms with Gasteiger partial charge in [0.25, 0.3) is 0 Å². The third-order valence-corrected chi connectivity index (χ3v) is 5.51. The van der Waals surface area contributed by atoms with Gasteiger partial charge in [0.05, 0.1) is 14.2 Å². The van der Waals surface area contributed by atoms with Gasteiger partial charge < -0.3 is 9.47 Å². The summed E-state index contributed by atoms with van der Waals surface area (Å²) in [5.74, 6) is 0.135. The van der Waals surface area contributed by atoms with E-state index in [9.17, 15) is 12.8 Å². The van der Waals surface area contributed by atoms with Crippen LogP contribution in [-0.4, -0.2) is 34.0 Å². The molecule has 0 heterocycles. The Kier molecular flexibility index (Phi) is 5.69. The Bertz CT molecular complexity index is 842. The minimum absolute atomic E-state index is 0.0464. The number of ether oxygens (including phenoxy) is 2. The Morgan fingerprint density at radius 2 is 1.75 bits per heavy atom. The highest BCUT2D eigenvalue weighted by molar-refractivity contribution is 7.89. The summed E-state index contributed by atoms with van der Waals surface area (Å²) in [4.78, 5) is -0.421. The van der Waals surface area contributed by atoms with Crippen LogP contribution in [0.1, 0.15) is 5.56 Å². The lowest BCUT2D eigenvalue weighted by atomic mass is 10.2. The highest BCUT2D eigenvalue weighted by Crippen LogP contribution is 2.29. The van der Waals surface area contributed by atoms with Crippen molar-refractivity contribution in [3.63, 3.8) is 0 Å². The van der Waals surface area contributed by atoms with Gasteiger partial charge in [-0.3, -0.25) is 0 Å². The van der Waals surface area contributed by atoms with E-state index in [1.807, 2.05) is 0 Å². The molecule has 0 aromatic heterocycles. The van der Waals surface area contributed by atoms with Crippen molar-refractivity contribution in [1.29, 1.82) is 0 Å². The second-order valence-corrected chi connectivity index (χ2v) is 7.47. The van der Waals surface area contributed by atoms with Crippen molar-refractivity contribution < 1.29 is 22.3 Å². The largest absolute Gasteiger partial charge is 0.493 e. The Labute approximate surface area is 145 Å². The fraction of sp³-hybridized carbons (Fsp3) is 0.250. The van der Waals surface area contributed by atoms with Gasteiger partial charge >= 0.3 is 0 Å². The topological polar surface area (TPSA) is 55.8 Å². The molecule has 0 radical (unpaired) electrons. The van der Waals surface area contributed by atoms with E-state index in [-0.39, 0.29) is 11.6 Å². The summed E-state index contributed by atoms with van der Waals surface area (Å²) < 4.78 is 50.4. The van der Waals surface area contributed by atoms with Crippen molar-refractivity contribution in [2.45, 2.75) is 11.4 Å². The van der Waals surface area contributed by atoms with E-state index in [1.165, 1.54) is 27.3 Å². The molecule has 130 valence electrons.